The lowest BCUT2D eigenvalue weighted by molar-refractivity contribution is -0.144. The number of rotatable bonds is 3. The Morgan fingerprint density at radius 1 is 1.47 bits per heavy atom. The van der Waals surface area contributed by atoms with Gasteiger partial charge in [0.25, 0.3) is 0 Å². The SMILES string of the molecule is COC(=O)C(C)NC(=O)C1CCCCN1. The van der Waals surface area contributed by atoms with Crippen LogP contribution in [0.2, 0.25) is 0 Å². The third-order valence-corrected chi connectivity index (χ3v) is 2.54. The molecule has 0 saturated carbocycles. The maximum atomic E-state index is 11.6. The summed E-state index contributed by atoms with van der Waals surface area (Å²) in [6, 6.07) is -0.739. The number of hydrogen-bond donors (Lipinski definition) is 2. The first-order valence-electron chi connectivity index (χ1n) is 5.26. The van der Waals surface area contributed by atoms with E-state index in [0.29, 0.717) is 0 Å². The van der Waals surface area contributed by atoms with Crippen molar-refractivity contribution in [3.63, 3.8) is 0 Å². The molecule has 0 bridgehead atoms. The van der Waals surface area contributed by atoms with Crippen LogP contribution in [-0.2, 0) is 14.3 Å². The number of amides is 1. The van der Waals surface area contributed by atoms with E-state index in [4.69, 9.17) is 0 Å². The number of methoxy groups -OCH3 is 1. The monoisotopic (exact) mass is 214 g/mol. The molecule has 2 unspecified atom stereocenters. The van der Waals surface area contributed by atoms with Crippen molar-refractivity contribution < 1.29 is 14.3 Å². The van der Waals surface area contributed by atoms with E-state index in [1.807, 2.05) is 0 Å². The fraction of sp³-hybridized carbons (Fsp3) is 0.800. The standard InChI is InChI=1S/C10H18N2O3/c1-7(10(14)15-2)12-9(13)8-5-3-4-6-11-8/h7-8,11H,3-6H2,1-2H3,(H,12,13). The van der Waals surface area contributed by atoms with Gasteiger partial charge < -0.3 is 15.4 Å². The number of ether oxygens (including phenoxy) is 1. The van der Waals surface area contributed by atoms with Crippen LogP contribution in [0.1, 0.15) is 26.2 Å². The van der Waals surface area contributed by atoms with Crippen LogP contribution in [0.5, 0.6) is 0 Å². The van der Waals surface area contributed by atoms with Crippen LogP contribution in [-0.4, -0.2) is 37.6 Å². The van der Waals surface area contributed by atoms with Gasteiger partial charge in [-0.3, -0.25) is 4.79 Å². The van der Waals surface area contributed by atoms with Crippen molar-refractivity contribution in [2.24, 2.45) is 0 Å². The van der Waals surface area contributed by atoms with Crippen molar-refractivity contribution in [2.45, 2.75) is 38.3 Å². The predicted molar refractivity (Wildman–Crippen MR) is 55.3 cm³/mol. The summed E-state index contributed by atoms with van der Waals surface area (Å²) in [7, 11) is 1.31. The second-order valence-corrected chi connectivity index (χ2v) is 3.76. The van der Waals surface area contributed by atoms with Crippen LogP contribution >= 0.6 is 0 Å². The smallest absolute Gasteiger partial charge is 0.328 e. The van der Waals surface area contributed by atoms with Gasteiger partial charge in [-0.25, -0.2) is 4.79 Å². The topological polar surface area (TPSA) is 67.4 Å². The minimum atomic E-state index is -0.578. The van der Waals surface area contributed by atoms with E-state index in [9.17, 15) is 9.59 Å². The molecule has 0 aliphatic carbocycles. The van der Waals surface area contributed by atoms with Gasteiger partial charge in [0, 0.05) is 0 Å². The molecule has 2 N–H and O–H groups in total. The number of nitrogens with one attached hydrogen (secondary N) is 2. The van der Waals surface area contributed by atoms with Gasteiger partial charge in [-0.1, -0.05) is 6.42 Å². The second-order valence-electron chi connectivity index (χ2n) is 3.76. The molecule has 0 aromatic carbocycles. The normalized spacial score (nSPS) is 22.9. The molecule has 0 aromatic heterocycles. The van der Waals surface area contributed by atoms with Gasteiger partial charge in [0.05, 0.1) is 13.2 Å². The Hall–Kier alpha value is -1.10. The van der Waals surface area contributed by atoms with Gasteiger partial charge in [0.1, 0.15) is 6.04 Å². The van der Waals surface area contributed by atoms with E-state index >= 15 is 0 Å². The fourth-order valence-corrected chi connectivity index (χ4v) is 1.63. The lowest BCUT2D eigenvalue weighted by Gasteiger charge is -2.23. The Morgan fingerprint density at radius 2 is 2.20 bits per heavy atom. The van der Waals surface area contributed by atoms with E-state index in [1.54, 1.807) is 6.92 Å². The van der Waals surface area contributed by atoms with E-state index in [-0.39, 0.29) is 11.9 Å². The van der Waals surface area contributed by atoms with Gasteiger partial charge in [-0.15, -0.1) is 0 Å². The summed E-state index contributed by atoms with van der Waals surface area (Å²) in [4.78, 5) is 22.7. The highest BCUT2D eigenvalue weighted by molar-refractivity contribution is 5.87. The Morgan fingerprint density at radius 3 is 2.73 bits per heavy atom. The highest BCUT2D eigenvalue weighted by atomic mass is 16.5. The molecule has 0 aromatic rings. The average molecular weight is 214 g/mol. The summed E-state index contributed by atoms with van der Waals surface area (Å²) in [5.74, 6) is -0.535. The zero-order chi connectivity index (χ0) is 11.3. The van der Waals surface area contributed by atoms with Gasteiger partial charge in [0.2, 0.25) is 5.91 Å². The van der Waals surface area contributed by atoms with E-state index in [2.05, 4.69) is 15.4 Å². The Labute approximate surface area is 89.6 Å². The molecule has 5 heteroatoms. The van der Waals surface area contributed by atoms with Crippen molar-refractivity contribution in [3.05, 3.63) is 0 Å². The van der Waals surface area contributed by atoms with Crippen molar-refractivity contribution in [1.29, 1.82) is 0 Å². The quantitative estimate of drug-likeness (QED) is 0.639. The Bertz CT molecular complexity index is 237. The first-order chi connectivity index (χ1) is 7.15. The zero-order valence-corrected chi connectivity index (χ0v) is 9.21. The highest BCUT2D eigenvalue weighted by Gasteiger charge is 2.23. The summed E-state index contributed by atoms with van der Waals surface area (Å²) in [6.45, 7) is 2.48. The molecule has 0 radical (unpaired) electrons. The van der Waals surface area contributed by atoms with Crippen LogP contribution in [0, 0.1) is 0 Å². The van der Waals surface area contributed by atoms with Gasteiger partial charge in [-0.05, 0) is 26.3 Å². The summed E-state index contributed by atoms with van der Waals surface area (Å²) in [6.07, 6.45) is 2.99. The van der Waals surface area contributed by atoms with Crippen LogP contribution in [0.3, 0.4) is 0 Å². The summed E-state index contributed by atoms with van der Waals surface area (Å²) in [5, 5.41) is 5.74. The van der Waals surface area contributed by atoms with Gasteiger partial charge in [0.15, 0.2) is 0 Å². The molecule has 86 valence electrons. The average Bonchev–Trinajstić information content (AvgIpc) is 2.29. The van der Waals surface area contributed by atoms with Crippen LogP contribution in [0.25, 0.3) is 0 Å². The second kappa shape index (κ2) is 5.70. The molecule has 1 aliphatic rings. The van der Waals surface area contributed by atoms with Crippen molar-refractivity contribution in [1.82, 2.24) is 10.6 Å². The number of carbonyl (C=O) groups excluding carboxylic acids is 2. The first-order valence-corrected chi connectivity index (χ1v) is 5.26. The maximum Gasteiger partial charge on any atom is 0.328 e. The predicted octanol–water partition coefficient (Wildman–Crippen LogP) is -0.194. The third-order valence-electron chi connectivity index (χ3n) is 2.54. The van der Waals surface area contributed by atoms with Crippen molar-refractivity contribution in [2.75, 3.05) is 13.7 Å². The molecule has 1 fully saturated rings. The molecule has 1 heterocycles. The fourth-order valence-electron chi connectivity index (χ4n) is 1.63. The van der Waals surface area contributed by atoms with E-state index in [0.717, 1.165) is 25.8 Å². The summed E-state index contributed by atoms with van der Waals surface area (Å²) >= 11 is 0. The lowest BCUT2D eigenvalue weighted by atomic mass is 10.0. The molecule has 0 spiro atoms. The zero-order valence-electron chi connectivity index (χ0n) is 9.21. The number of hydrogen-bond acceptors (Lipinski definition) is 4. The molecule has 1 aliphatic heterocycles. The first kappa shape index (κ1) is 12.0. The third kappa shape index (κ3) is 3.51. The summed E-state index contributed by atoms with van der Waals surface area (Å²) < 4.78 is 4.53. The number of esters is 1. The van der Waals surface area contributed by atoms with E-state index < -0.39 is 12.0 Å². The molecule has 1 amide bonds. The minimum Gasteiger partial charge on any atom is -0.467 e. The lowest BCUT2D eigenvalue weighted by Crippen LogP contribution is -2.50. The molecule has 2 atom stereocenters. The summed E-state index contributed by atoms with van der Waals surface area (Å²) in [5.41, 5.74) is 0. The molecule has 1 saturated heterocycles. The number of carbonyl (C=O) groups is 2. The molecular formula is C10H18N2O3. The number of piperidine rings is 1. The van der Waals surface area contributed by atoms with Gasteiger partial charge >= 0.3 is 5.97 Å². The van der Waals surface area contributed by atoms with Crippen LogP contribution < -0.4 is 10.6 Å². The Balaban J connectivity index is 2.36. The van der Waals surface area contributed by atoms with Crippen LogP contribution in [0.4, 0.5) is 0 Å². The van der Waals surface area contributed by atoms with E-state index in [1.165, 1.54) is 7.11 Å². The van der Waals surface area contributed by atoms with Crippen LogP contribution in [0.15, 0.2) is 0 Å². The van der Waals surface area contributed by atoms with Crippen molar-refractivity contribution >= 4 is 11.9 Å². The molecule has 15 heavy (non-hydrogen) atoms. The molecule has 5 nitrogen and oxygen atoms in total. The molecular weight excluding hydrogens is 196 g/mol. The Kier molecular flexibility index (Phi) is 4.55. The maximum absolute atomic E-state index is 11.6. The highest BCUT2D eigenvalue weighted by Crippen LogP contribution is 2.07. The minimum absolute atomic E-state index is 0.118. The molecule has 1 rings (SSSR count). The van der Waals surface area contributed by atoms with Crippen molar-refractivity contribution in [3.8, 4) is 0 Å². The van der Waals surface area contributed by atoms with Gasteiger partial charge in [-0.2, -0.15) is 0 Å². The largest absolute Gasteiger partial charge is 0.467 e.